The van der Waals surface area contributed by atoms with Gasteiger partial charge in [0.15, 0.2) is 0 Å². The Bertz CT molecular complexity index is 371. The minimum absolute atomic E-state index is 0.146. The largest absolute Gasteiger partial charge is 0.345 e. The molecule has 0 fully saturated rings. The minimum atomic E-state index is -0.388. The molecular weight excluding hydrogens is 210 g/mol. The van der Waals surface area contributed by atoms with Crippen LogP contribution in [0.4, 0.5) is 0 Å². The second-order valence-corrected chi connectivity index (χ2v) is 5.59. The van der Waals surface area contributed by atoms with Gasteiger partial charge in [-0.25, -0.2) is 4.98 Å². The molecule has 0 spiro atoms. The molecule has 1 rings (SSSR count). The van der Waals surface area contributed by atoms with Crippen LogP contribution < -0.4 is 11.1 Å². The number of amides is 1. The van der Waals surface area contributed by atoms with Gasteiger partial charge in [-0.1, -0.05) is 0 Å². The summed E-state index contributed by atoms with van der Waals surface area (Å²) < 4.78 is 0. The van der Waals surface area contributed by atoms with Crippen molar-refractivity contribution in [3.63, 3.8) is 0 Å². The molecule has 5 heteroatoms. The molecule has 15 heavy (non-hydrogen) atoms. The fourth-order valence-corrected chi connectivity index (χ4v) is 1.97. The third kappa shape index (κ3) is 3.00. The number of nitrogens with one attached hydrogen (secondary N) is 1. The van der Waals surface area contributed by atoms with Gasteiger partial charge < -0.3 is 11.1 Å². The van der Waals surface area contributed by atoms with E-state index in [4.69, 9.17) is 5.73 Å². The first-order chi connectivity index (χ1) is 6.85. The van der Waals surface area contributed by atoms with Crippen molar-refractivity contribution in [2.45, 2.75) is 33.2 Å². The maximum atomic E-state index is 11.8. The maximum absolute atomic E-state index is 11.8. The number of aromatic nitrogens is 1. The van der Waals surface area contributed by atoms with E-state index in [2.05, 4.69) is 10.3 Å². The van der Waals surface area contributed by atoms with E-state index in [1.807, 2.05) is 27.7 Å². The van der Waals surface area contributed by atoms with Crippen LogP contribution >= 0.6 is 11.3 Å². The highest BCUT2D eigenvalue weighted by atomic mass is 32.1. The maximum Gasteiger partial charge on any atom is 0.271 e. The molecule has 84 valence electrons. The fourth-order valence-electron chi connectivity index (χ4n) is 1.16. The van der Waals surface area contributed by atoms with E-state index < -0.39 is 0 Å². The molecule has 1 heterocycles. The molecule has 1 amide bonds. The fraction of sp³-hybridized carbons (Fsp3) is 0.600. The van der Waals surface area contributed by atoms with E-state index in [0.29, 0.717) is 12.2 Å². The van der Waals surface area contributed by atoms with Crippen LogP contribution in [0.2, 0.25) is 0 Å². The van der Waals surface area contributed by atoms with Gasteiger partial charge in [-0.05, 0) is 27.7 Å². The molecular formula is C10H17N3OS. The van der Waals surface area contributed by atoms with Crippen molar-refractivity contribution in [3.05, 3.63) is 15.6 Å². The van der Waals surface area contributed by atoms with Crippen molar-refractivity contribution in [1.82, 2.24) is 10.3 Å². The lowest BCUT2D eigenvalue weighted by atomic mass is 10.1. The van der Waals surface area contributed by atoms with Crippen molar-refractivity contribution in [2.24, 2.45) is 5.73 Å². The van der Waals surface area contributed by atoms with Gasteiger partial charge in [0, 0.05) is 17.0 Å². The van der Waals surface area contributed by atoms with Gasteiger partial charge in [0.1, 0.15) is 5.69 Å². The van der Waals surface area contributed by atoms with Crippen LogP contribution in [0.15, 0.2) is 0 Å². The number of hydrogen-bond acceptors (Lipinski definition) is 4. The van der Waals surface area contributed by atoms with Crippen LogP contribution in [0.5, 0.6) is 0 Å². The second kappa shape index (κ2) is 4.28. The standard InChI is InChI=1S/C10H17N3OS/c1-6-8(12-7(2)15-6)9(14)13-10(3,4)5-11/h5,11H2,1-4H3,(H,13,14). The lowest BCUT2D eigenvalue weighted by Crippen LogP contribution is -2.49. The van der Waals surface area contributed by atoms with Gasteiger partial charge in [0.25, 0.3) is 5.91 Å². The third-order valence-electron chi connectivity index (χ3n) is 2.08. The van der Waals surface area contributed by atoms with Crippen LogP contribution in [0.3, 0.4) is 0 Å². The van der Waals surface area contributed by atoms with E-state index in [1.54, 1.807) is 0 Å². The molecule has 4 nitrogen and oxygen atoms in total. The normalized spacial score (nSPS) is 11.5. The van der Waals surface area contributed by atoms with Crippen LogP contribution in [-0.4, -0.2) is 23.0 Å². The number of carbonyl (C=O) groups is 1. The zero-order chi connectivity index (χ0) is 11.6. The Morgan fingerprint density at radius 1 is 1.53 bits per heavy atom. The second-order valence-electron chi connectivity index (χ2n) is 4.18. The predicted octanol–water partition coefficient (Wildman–Crippen LogP) is 1.23. The Labute approximate surface area is 93.9 Å². The smallest absolute Gasteiger partial charge is 0.271 e. The van der Waals surface area contributed by atoms with Crippen molar-refractivity contribution in [3.8, 4) is 0 Å². The quantitative estimate of drug-likeness (QED) is 0.816. The number of aryl methyl sites for hydroxylation is 2. The topological polar surface area (TPSA) is 68.0 Å². The number of rotatable bonds is 3. The highest BCUT2D eigenvalue weighted by molar-refractivity contribution is 7.11. The lowest BCUT2D eigenvalue weighted by Gasteiger charge is -2.23. The molecule has 3 N–H and O–H groups in total. The van der Waals surface area contributed by atoms with Crippen LogP contribution in [0.1, 0.15) is 34.2 Å². The van der Waals surface area contributed by atoms with Gasteiger partial charge >= 0.3 is 0 Å². The summed E-state index contributed by atoms with van der Waals surface area (Å²) in [6.07, 6.45) is 0. The molecule has 0 aliphatic heterocycles. The number of nitrogens with two attached hydrogens (primary N) is 1. The molecule has 0 unspecified atom stereocenters. The van der Waals surface area contributed by atoms with Crippen LogP contribution in [0, 0.1) is 13.8 Å². The first kappa shape index (κ1) is 12.1. The Morgan fingerprint density at radius 3 is 2.53 bits per heavy atom. The first-order valence-electron chi connectivity index (χ1n) is 4.82. The predicted molar refractivity (Wildman–Crippen MR) is 62.2 cm³/mol. The van der Waals surface area contributed by atoms with Crippen molar-refractivity contribution < 1.29 is 4.79 Å². The summed E-state index contributed by atoms with van der Waals surface area (Å²) in [5.74, 6) is -0.146. The number of hydrogen-bond donors (Lipinski definition) is 2. The van der Waals surface area contributed by atoms with Gasteiger partial charge in [-0.2, -0.15) is 0 Å². The van der Waals surface area contributed by atoms with E-state index >= 15 is 0 Å². The Balaban J connectivity index is 2.82. The molecule has 1 aromatic heterocycles. The summed E-state index contributed by atoms with van der Waals surface area (Å²) in [6, 6.07) is 0. The average Bonchev–Trinajstić information content (AvgIpc) is 2.45. The zero-order valence-corrected chi connectivity index (χ0v) is 10.4. The summed E-state index contributed by atoms with van der Waals surface area (Å²) in [4.78, 5) is 17.0. The molecule has 0 aliphatic rings. The highest BCUT2D eigenvalue weighted by Gasteiger charge is 2.22. The Kier molecular flexibility index (Phi) is 3.46. The number of nitrogens with zero attached hydrogens (tertiary/aromatic N) is 1. The van der Waals surface area contributed by atoms with Crippen LogP contribution in [0.25, 0.3) is 0 Å². The molecule has 0 radical (unpaired) electrons. The molecule has 1 aromatic rings. The summed E-state index contributed by atoms with van der Waals surface area (Å²) in [5.41, 5.74) is 5.67. The average molecular weight is 227 g/mol. The van der Waals surface area contributed by atoms with E-state index in [0.717, 1.165) is 9.88 Å². The van der Waals surface area contributed by atoms with Gasteiger partial charge in [0.05, 0.1) is 5.01 Å². The van der Waals surface area contributed by atoms with Gasteiger partial charge in [-0.3, -0.25) is 4.79 Å². The van der Waals surface area contributed by atoms with Gasteiger partial charge in [0.2, 0.25) is 0 Å². The SMILES string of the molecule is Cc1nc(C(=O)NC(C)(C)CN)c(C)s1. The summed E-state index contributed by atoms with van der Waals surface area (Å²) in [7, 11) is 0. The highest BCUT2D eigenvalue weighted by Crippen LogP contribution is 2.16. The molecule has 0 atom stereocenters. The molecule has 0 aliphatic carbocycles. The molecule has 0 aromatic carbocycles. The Hall–Kier alpha value is -0.940. The summed E-state index contributed by atoms with van der Waals surface area (Å²) in [5, 5.41) is 3.76. The van der Waals surface area contributed by atoms with Crippen LogP contribution in [-0.2, 0) is 0 Å². The molecule has 0 bridgehead atoms. The molecule has 0 saturated heterocycles. The van der Waals surface area contributed by atoms with Crippen molar-refractivity contribution in [1.29, 1.82) is 0 Å². The Morgan fingerprint density at radius 2 is 2.13 bits per heavy atom. The number of carbonyl (C=O) groups excluding carboxylic acids is 1. The zero-order valence-electron chi connectivity index (χ0n) is 9.55. The van der Waals surface area contributed by atoms with E-state index in [-0.39, 0.29) is 11.4 Å². The summed E-state index contributed by atoms with van der Waals surface area (Å²) in [6.45, 7) is 7.97. The van der Waals surface area contributed by atoms with Crippen molar-refractivity contribution in [2.75, 3.05) is 6.54 Å². The van der Waals surface area contributed by atoms with E-state index in [1.165, 1.54) is 11.3 Å². The third-order valence-corrected chi connectivity index (χ3v) is 2.97. The monoisotopic (exact) mass is 227 g/mol. The molecule has 0 saturated carbocycles. The number of thiazole rings is 1. The lowest BCUT2D eigenvalue weighted by molar-refractivity contribution is 0.0910. The van der Waals surface area contributed by atoms with Gasteiger partial charge in [-0.15, -0.1) is 11.3 Å². The first-order valence-corrected chi connectivity index (χ1v) is 5.64. The minimum Gasteiger partial charge on any atom is -0.345 e. The van der Waals surface area contributed by atoms with E-state index in [9.17, 15) is 4.79 Å². The van der Waals surface area contributed by atoms with Crippen molar-refractivity contribution >= 4 is 17.2 Å². The summed E-state index contributed by atoms with van der Waals surface area (Å²) >= 11 is 1.53.